The molecule has 202 valence electrons. The van der Waals surface area contributed by atoms with Crippen LogP contribution >= 0.6 is 0 Å². The molecule has 0 aliphatic carbocycles. The fraction of sp³-hybridized carbons (Fsp3) is 0.448. The van der Waals surface area contributed by atoms with E-state index in [1.165, 1.54) is 21.1 Å². The monoisotopic (exact) mass is 536 g/mol. The molecule has 2 aromatic carbocycles. The van der Waals surface area contributed by atoms with Crippen molar-refractivity contribution in [2.75, 3.05) is 44.2 Å². The van der Waals surface area contributed by atoms with Gasteiger partial charge in [-0.15, -0.1) is 0 Å². The Morgan fingerprint density at radius 3 is 2.32 bits per heavy atom. The van der Waals surface area contributed by atoms with Gasteiger partial charge in [-0.25, -0.2) is 8.42 Å². The van der Waals surface area contributed by atoms with E-state index in [1.54, 1.807) is 13.8 Å². The number of rotatable bonds is 5. The van der Waals surface area contributed by atoms with E-state index in [1.807, 2.05) is 35.2 Å². The van der Waals surface area contributed by atoms with E-state index < -0.39 is 15.9 Å². The first kappa shape index (κ1) is 26.4. The Morgan fingerprint density at radius 1 is 0.947 bits per heavy atom. The van der Waals surface area contributed by atoms with Gasteiger partial charge in [-0.05, 0) is 62.8 Å². The molecule has 2 aliphatic heterocycles. The number of carbonyl (C=O) groups excluding carboxylic acids is 1. The van der Waals surface area contributed by atoms with Crippen molar-refractivity contribution in [3.63, 3.8) is 0 Å². The van der Waals surface area contributed by atoms with E-state index in [0.717, 1.165) is 18.7 Å². The highest BCUT2D eigenvalue weighted by molar-refractivity contribution is 7.89. The molecule has 2 atom stereocenters. The topological polar surface area (TPSA) is 87.0 Å². The van der Waals surface area contributed by atoms with Gasteiger partial charge in [-0.1, -0.05) is 47.6 Å². The molecule has 2 unspecified atom stereocenters. The smallest absolute Gasteiger partial charge is 0.248 e. The number of hydrogen-bond donors (Lipinski definition) is 0. The predicted molar refractivity (Wildman–Crippen MR) is 147 cm³/mol. The van der Waals surface area contributed by atoms with Gasteiger partial charge in [-0.3, -0.25) is 4.79 Å². The summed E-state index contributed by atoms with van der Waals surface area (Å²) >= 11 is 0. The molecule has 0 saturated carbocycles. The summed E-state index contributed by atoms with van der Waals surface area (Å²) in [6.07, 6.45) is 0.575. The number of anilines is 1. The predicted octanol–water partition coefficient (Wildman–Crippen LogP) is 4.05. The third-order valence-corrected chi connectivity index (χ3v) is 10.1. The van der Waals surface area contributed by atoms with Crippen LogP contribution in [0, 0.1) is 33.6 Å². The van der Waals surface area contributed by atoms with E-state index in [4.69, 9.17) is 4.52 Å². The first-order chi connectivity index (χ1) is 18.2. The third-order valence-electron chi connectivity index (χ3n) is 7.98. The molecule has 1 amide bonds. The molecule has 3 aromatic rings. The minimum absolute atomic E-state index is 0.0260. The van der Waals surface area contributed by atoms with Gasteiger partial charge in [0.05, 0.1) is 5.92 Å². The maximum absolute atomic E-state index is 14.0. The highest BCUT2D eigenvalue weighted by Gasteiger charge is 2.43. The van der Waals surface area contributed by atoms with Crippen molar-refractivity contribution in [3.8, 4) is 0 Å². The number of carbonyl (C=O) groups is 1. The standard InChI is InChI=1S/C29H36N4O4S/c1-20-10-11-21(2)27(18-20)31-14-16-32(17-15-31)29(34)26-19-33(13-12-25(26)24-8-6-5-7-9-24)38(35,36)28-22(3)30-37-23(28)4/h5-11,18,25-26H,12-17,19H2,1-4H3. The minimum atomic E-state index is -3.84. The summed E-state index contributed by atoms with van der Waals surface area (Å²) in [5, 5.41) is 3.85. The Bertz CT molecular complexity index is 1390. The SMILES string of the molecule is Cc1ccc(C)c(N2CCN(C(=O)C3CN(S(=O)(=O)c4c(C)noc4C)CCC3c3ccccc3)CC2)c1. The Hall–Kier alpha value is -3.17. The average molecular weight is 537 g/mol. The van der Waals surface area contributed by atoms with Crippen molar-refractivity contribution >= 4 is 21.6 Å². The van der Waals surface area contributed by atoms with E-state index in [-0.39, 0.29) is 29.0 Å². The Morgan fingerprint density at radius 2 is 1.66 bits per heavy atom. The molecular weight excluding hydrogens is 500 g/mol. The van der Waals surface area contributed by atoms with Crippen LogP contribution in [0.25, 0.3) is 0 Å². The van der Waals surface area contributed by atoms with Crippen molar-refractivity contribution in [3.05, 3.63) is 76.7 Å². The molecule has 2 saturated heterocycles. The minimum Gasteiger partial charge on any atom is -0.368 e. The number of piperidine rings is 1. The van der Waals surface area contributed by atoms with Crippen molar-refractivity contribution in [2.24, 2.45) is 5.92 Å². The van der Waals surface area contributed by atoms with Crippen LogP contribution in [0.2, 0.25) is 0 Å². The molecule has 0 radical (unpaired) electrons. The van der Waals surface area contributed by atoms with Crippen molar-refractivity contribution in [1.29, 1.82) is 0 Å². The number of sulfonamides is 1. The summed E-state index contributed by atoms with van der Waals surface area (Å²) in [6.45, 7) is 10.7. The summed E-state index contributed by atoms with van der Waals surface area (Å²) < 4.78 is 33.9. The molecule has 3 heterocycles. The van der Waals surface area contributed by atoms with Gasteiger partial charge in [0.2, 0.25) is 15.9 Å². The zero-order chi connectivity index (χ0) is 27.0. The highest BCUT2D eigenvalue weighted by Crippen LogP contribution is 2.37. The first-order valence-electron chi connectivity index (χ1n) is 13.3. The second kappa shape index (κ2) is 10.5. The van der Waals surface area contributed by atoms with E-state index in [0.29, 0.717) is 31.7 Å². The fourth-order valence-corrected chi connectivity index (χ4v) is 7.70. The van der Waals surface area contributed by atoms with Crippen LogP contribution in [0.3, 0.4) is 0 Å². The summed E-state index contributed by atoms with van der Waals surface area (Å²) in [7, 11) is -3.84. The van der Waals surface area contributed by atoms with Crippen molar-refractivity contribution in [1.82, 2.24) is 14.4 Å². The first-order valence-corrected chi connectivity index (χ1v) is 14.7. The molecule has 0 spiro atoms. The summed E-state index contributed by atoms with van der Waals surface area (Å²) in [5.41, 5.74) is 5.09. The Balaban J connectivity index is 1.38. The van der Waals surface area contributed by atoms with Gasteiger partial charge in [0.25, 0.3) is 0 Å². The largest absolute Gasteiger partial charge is 0.368 e. The molecule has 0 bridgehead atoms. The Kier molecular flexibility index (Phi) is 7.33. The lowest BCUT2D eigenvalue weighted by Crippen LogP contribution is -2.54. The van der Waals surface area contributed by atoms with Crippen molar-refractivity contribution < 1.29 is 17.7 Å². The zero-order valence-electron chi connectivity index (χ0n) is 22.6. The molecule has 5 rings (SSSR count). The third kappa shape index (κ3) is 4.97. The van der Waals surface area contributed by atoms with Crippen LogP contribution in [-0.4, -0.2) is 68.0 Å². The summed E-state index contributed by atoms with van der Waals surface area (Å²) in [5.74, 6) is -0.207. The van der Waals surface area contributed by atoms with Crippen LogP contribution in [0.1, 0.15) is 40.5 Å². The van der Waals surface area contributed by atoms with Gasteiger partial charge in [0.15, 0.2) is 5.76 Å². The molecule has 9 heteroatoms. The molecule has 2 fully saturated rings. The van der Waals surface area contributed by atoms with E-state index in [2.05, 4.69) is 42.1 Å². The van der Waals surface area contributed by atoms with Gasteiger partial charge in [0.1, 0.15) is 10.6 Å². The second-order valence-electron chi connectivity index (χ2n) is 10.5. The fourth-order valence-electron chi connectivity index (χ4n) is 5.92. The number of aryl methyl sites for hydroxylation is 4. The van der Waals surface area contributed by atoms with Gasteiger partial charge >= 0.3 is 0 Å². The quantitative estimate of drug-likeness (QED) is 0.489. The zero-order valence-corrected chi connectivity index (χ0v) is 23.4. The van der Waals surface area contributed by atoms with E-state index >= 15 is 0 Å². The number of nitrogens with zero attached hydrogens (tertiary/aromatic N) is 4. The normalized spacial score (nSPS) is 21.1. The van der Waals surface area contributed by atoms with Gasteiger partial charge < -0.3 is 14.3 Å². The number of hydrogen-bond acceptors (Lipinski definition) is 6. The van der Waals surface area contributed by atoms with Crippen LogP contribution in [0.15, 0.2) is 57.9 Å². The molecular formula is C29H36N4O4S. The average Bonchev–Trinajstić information content (AvgIpc) is 3.28. The van der Waals surface area contributed by atoms with Gasteiger partial charge in [-0.2, -0.15) is 4.31 Å². The lowest BCUT2D eigenvalue weighted by molar-refractivity contribution is -0.137. The number of piperazine rings is 1. The van der Waals surface area contributed by atoms with Crippen LogP contribution in [0.4, 0.5) is 5.69 Å². The number of amides is 1. The lowest BCUT2D eigenvalue weighted by Gasteiger charge is -2.42. The maximum atomic E-state index is 14.0. The van der Waals surface area contributed by atoms with E-state index in [9.17, 15) is 13.2 Å². The van der Waals surface area contributed by atoms with Crippen LogP contribution in [0.5, 0.6) is 0 Å². The molecule has 8 nitrogen and oxygen atoms in total. The number of aromatic nitrogens is 1. The lowest BCUT2D eigenvalue weighted by atomic mass is 9.80. The molecule has 2 aliphatic rings. The second-order valence-corrected chi connectivity index (χ2v) is 12.4. The van der Waals surface area contributed by atoms with Crippen LogP contribution < -0.4 is 4.90 Å². The van der Waals surface area contributed by atoms with Gasteiger partial charge in [0, 0.05) is 45.0 Å². The molecule has 1 aromatic heterocycles. The van der Waals surface area contributed by atoms with Crippen LogP contribution in [-0.2, 0) is 14.8 Å². The molecule has 0 N–H and O–H groups in total. The summed E-state index contributed by atoms with van der Waals surface area (Å²) in [6, 6.07) is 16.5. The van der Waals surface area contributed by atoms with Crippen molar-refractivity contribution in [2.45, 2.75) is 44.9 Å². The maximum Gasteiger partial charge on any atom is 0.248 e. The molecule has 38 heavy (non-hydrogen) atoms. The highest BCUT2D eigenvalue weighted by atomic mass is 32.2. The Labute approximate surface area is 225 Å². The number of benzene rings is 2. The summed E-state index contributed by atoms with van der Waals surface area (Å²) in [4.78, 5) is 18.4.